The Morgan fingerprint density at radius 3 is 2.92 bits per heavy atom. The van der Waals surface area contributed by atoms with Crippen molar-refractivity contribution in [1.82, 2.24) is 5.32 Å². The molecule has 0 aromatic carbocycles. The Bertz CT molecular complexity index is 197. The molecule has 1 heteroatoms. The van der Waals surface area contributed by atoms with Crippen LogP contribution < -0.4 is 5.32 Å². The number of piperidine rings is 1. The molecule has 1 aliphatic heterocycles. The average Bonchev–Trinajstić information content (AvgIpc) is 2.21. The summed E-state index contributed by atoms with van der Waals surface area (Å²) >= 11 is 0. The van der Waals surface area contributed by atoms with E-state index in [9.17, 15) is 0 Å². The standard InChI is InChI=1S/C11H17N/c1-2-6-10(7-3-1)11-8-4-5-9-12-11/h2,6-7,11-12H,1,3-5,8-9H2. The van der Waals surface area contributed by atoms with E-state index in [1.807, 2.05) is 0 Å². The van der Waals surface area contributed by atoms with E-state index in [4.69, 9.17) is 0 Å². The molecule has 0 radical (unpaired) electrons. The molecule has 2 aliphatic rings. The number of rotatable bonds is 1. The summed E-state index contributed by atoms with van der Waals surface area (Å²) < 4.78 is 0. The third kappa shape index (κ3) is 1.78. The summed E-state index contributed by atoms with van der Waals surface area (Å²) in [5, 5.41) is 3.57. The van der Waals surface area contributed by atoms with E-state index in [1.54, 1.807) is 0 Å². The van der Waals surface area contributed by atoms with Gasteiger partial charge in [-0.1, -0.05) is 24.6 Å². The highest BCUT2D eigenvalue weighted by Crippen LogP contribution is 2.19. The van der Waals surface area contributed by atoms with Crippen molar-refractivity contribution in [2.24, 2.45) is 0 Å². The summed E-state index contributed by atoms with van der Waals surface area (Å²) in [5.74, 6) is 0. The smallest absolute Gasteiger partial charge is 0.0316 e. The minimum absolute atomic E-state index is 0.662. The minimum Gasteiger partial charge on any atom is -0.310 e. The third-order valence-electron chi connectivity index (χ3n) is 2.74. The predicted molar refractivity (Wildman–Crippen MR) is 52.1 cm³/mol. The molecule has 1 aliphatic carbocycles. The van der Waals surface area contributed by atoms with Gasteiger partial charge in [0.2, 0.25) is 0 Å². The molecule has 1 N–H and O–H groups in total. The van der Waals surface area contributed by atoms with Crippen LogP contribution in [-0.4, -0.2) is 12.6 Å². The van der Waals surface area contributed by atoms with Crippen LogP contribution in [0.1, 0.15) is 32.1 Å². The molecule has 12 heavy (non-hydrogen) atoms. The molecule has 0 aromatic rings. The van der Waals surface area contributed by atoms with E-state index in [0.29, 0.717) is 6.04 Å². The van der Waals surface area contributed by atoms with E-state index in [-0.39, 0.29) is 0 Å². The fraction of sp³-hybridized carbons (Fsp3) is 0.636. The van der Waals surface area contributed by atoms with Crippen LogP contribution in [0.2, 0.25) is 0 Å². The van der Waals surface area contributed by atoms with Crippen LogP contribution >= 0.6 is 0 Å². The Balaban J connectivity index is 1.97. The lowest BCUT2D eigenvalue weighted by Crippen LogP contribution is -2.35. The number of allylic oxidation sites excluding steroid dienone is 2. The summed E-state index contributed by atoms with van der Waals surface area (Å²) in [6.07, 6.45) is 13.5. The van der Waals surface area contributed by atoms with Crippen molar-refractivity contribution < 1.29 is 0 Å². The Kier molecular flexibility index (Phi) is 2.62. The Labute approximate surface area is 74.5 Å². The van der Waals surface area contributed by atoms with E-state index < -0.39 is 0 Å². The van der Waals surface area contributed by atoms with E-state index in [0.717, 1.165) is 0 Å². The summed E-state index contributed by atoms with van der Waals surface area (Å²) in [5.41, 5.74) is 1.53. The lowest BCUT2D eigenvalue weighted by molar-refractivity contribution is 0.443. The monoisotopic (exact) mass is 163 g/mol. The largest absolute Gasteiger partial charge is 0.310 e. The highest BCUT2D eigenvalue weighted by Gasteiger charge is 2.15. The van der Waals surface area contributed by atoms with Crippen LogP contribution in [-0.2, 0) is 0 Å². The maximum Gasteiger partial charge on any atom is 0.0316 e. The molecular formula is C11H17N. The molecule has 1 saturated heterocycles. The molecule has 0 aromatic heterocycles. The molecular weight excluding hydrogens is 146 g/mol. The van der Waals surface area contributed by atoms with Gasteiger partial charge in [0.05, 0.1) is 0 Å². The van der Waals surface area contributed by atoms with Crippen LogP contribution in [0.25, 0.3) is 0 Å². The fourth-order valence-electron chi connectivity index (χ4n) is 2.03. The molecule has 66 valence electrons. The van der Waals surface area contributed by atoms with Gasteiger partial charge in [0.1, 0.15) is 0 Å². The second-order valence-electron chi connectivity index (χ2n) is 3.69. The van der Waals surface area contributed by atoms with Gasteiger partial charge in [-0.25, -0.2) is 0 Å². The third-order valence-corrected chi connectivity index (χ3v) is 2.74. The van der Waals surface area contributed by atoms with Gasteiger partial charge < -0.3 is 5.32 Å². The lowest BCUT2D eigenvalue weighted by Gasteiger charge is -2.25. The first-order valence-electron chi connectivity index (χ1n) is 5.07. The number of hydrogen-bond donors (Lipinski definition) is 1. The number of hydrogen-bond acceptors (Lipinski definition) is 1. The minimum atomic E-state index is 0.662. The molecule has 1 fully saturated rings. The first kappa shape index (κ1) is 8.06. The van der Waals surface area contributed by atoms with Crippen molar-refractivity contribution in [3.63, 3.8) is 0 Å². The molecule has 2 rings (SSSR count). The second-order valence-corrected chi connectivity index (χ2v) is 3.69. The molecule has 1 atom stereocenters. The summed E-state index contributed by atoms with van der Waals surface area (Å²) in [6, 6.07) is 0.662. The Morgan fingerprint density at radius 2 is 2.25 bits per heavy atom. The van der Waals surface area contributed by atoms with Crippen LogP contribution in [0, 0.1) is 0 Å². The van der Waals surface area contributed by atoms with E-state index >= 15 is 0 Å². The molecule has 0 spiro atoms. The molecule has 0 saturated carbocycles. The number of nitrogens with one attached hydrogen (secondary N) is 1. The highest BCUT2D eigenvalue weighted by atomic mass is 14.9. The Morgan fingerprint density at radius 1 is 1.25 bits per heavy atom. The fourth-order valence-corrected chi connectivity index (χ4v) is 2.03. The van der Waals surface area contributed by atoms with Gasteiger partial charge in [-0.05, 0) is 37.8 Å². The van der Waals surface area contributed by atoms with Gasteiger partial charge in [-0.3, -0.25) is 0 Å². The maximum absolute atomic E-state index is 3.57. The topological polar surface area (TPSA) is 12.0 Å². The molecule has 1 unspecified atom stereocenters. The molecule has 0 bridgehead atoms. The van der Waals surface area contributed by atoms with Gasteiger partial charge in [-0.15, -0.1) is 0 Å². The van der Waals surface area contributed by atoms with Crippen LogP contribution in [0.4, 0.5) is 0 Å². The lowest BCUT2D eigenvalue weighted by atomic mass is 9.94. The Hall–Kier alpha value is -0.560. The zero-order valence-corrected chi connectivity index (χ0v) is 7.55. The van der Waals surface area contributed by atoms with Gasteiger partial charge >= 0.3 is 0 Å². The first-order valence-corrected chi connectivity index (χ1v) is 5.07. The van der Waals surface area contributed by atoms with Crippen LogP contribution in [0.5, 0.6) is 0 Å². The van der Waals surface area contributed by atoms with E-state index in [1.165, 1.54) is 44.2 Å². The van der Waals surface area contributed by atoms with Crippen molar-refractivity contribution in [3.05, 3.63) is 23.8 Å². The SMILES string of the molecule is C1=CC(C2CCCCN2)=CCC1. The summed E-state index contributed by atoms with van der Waals surface area (Å²) in [6.45, 7) is 1.20. The van der Waals surface area contributed by atoms with Gasteiger partial charge in [0.15, 0.2) is 0 Å². The zero-order chi connectivity index (χ0) is 8.23. The van der Waals surface area contributed by atoms with Crippen molar-refractivity contribution >= 4 is 0 Å². The van der Waals surface area contributed by atoms with Gasteiger partial charge in [-0.2, -0.15) is 0 Å². The normalized spacial score (nSPS) is 30.0. The summed E-state index contributed by atoms with van der Waals surface area (Å²) in [7, 11) is 0. The first-order chi connectivity index (χ1) is 5.97. The van der Waals surface area contributed by atoms with Crippen LogP contribution in [0.3, 0.4) is 0 Å². The quantitative estimate of drug-likeness (QED) is 0.626. The van der Waals surface area contributed by atoms with E-state index in [2.05, 4.69) is 23.5 Å². The van der Waals surface area contributed by atoms with Crippen molar-refractivity contribution in [2.45, 2.75) is 38.1 Å². The van der Waals surface area contributed by atoms with Crippen LogP contribution in [0.15, 0.2) is 23.8 Å². The maximum atomic E-state index is 3.57. The molecule has 1 nitrogen and oxygen atoms in total. The van der Waals surface area contributed by atoms with Crippen molar-refractivity contribution in [2.75, 3.05) is 6.54 Å². The van der Waals surface area contributed by atoms with Gasteiger partial charge in [0.25, 0.3) is 0 Å². The molecule has 1 heterocycles. The predicted octanol–water partition coefficient (Wildman–Crippen LogP) is 2.40. The van der Waals surface area contributed by atoms with Crippen molar-refractivity contribution in [1.29, 1.82) is 0 Å². The average molecular weight is 163 g/mol. The van der Waals surface area contributed by atoms with Crippen molar-refractivity contribution in [3.8, 4) is 0 Å². The highest BCUT2D eigenvalue weighted by molar-refractivity contribution is 5.27. The second kappa shape index (κ2) is 3.90. The summed E-state index contributed by atoms with van der Waals surface area (Å²) in [4.78, 5) is 0. The van der Waals surface area contributed by atoms with Gasteiger partial charge in [0, 0.05) is 6.04 Å². The zero-order valence-electron chi connectivity index (χ0n) is 7.55. The molecule has 0 amide bonds.